The van der Waals surface area contributed by atoms with Gasteiger partial charge in [-0.25, -0.2) is 4.79 Å². The minimum atomic E-state index is -0.323. The fraction of sp³-hybridized carbons (Fsp3) is 0.118. The second-order valence-corrected chi connectivity index (χ2v) is 5.24. The SMILES string of the molecule is Cc1ccc(CNC(=O)Nc2ccc3c(=O)[nH]ccc3c2)nc1. The van der Waals surface area contributed by atoms with E-state index in [1.54, 1.807) is 36.7 Å². The van der Waals surface area contributed by atoms with Crippen molar-refractivity contribution in [1.29, 1.82) is 0 Å². The maximum Gasteiger partial charge on any atom is 0.319 e. The highest BCUT2D eigenvalue weighted by molar-refractivity contribution is 5.93. The number of anilines is 1. The highest BCUT2D eigenvalue weighted by Gasteiger charge is 2.04. The molecular weight excluding hydrogens is 292 g/mol. The van der Waals surface area contributed by atoms with E-state index < -0.39 is 0 Å². The Morgan fingerprint density at radius 1 is 1.22 bits per heavy atom. The van der Waals surface area contributed by atoms with Crippen molar-refractivity contribution in [2.75, 3.05) is 5.32 Å². The number of rotatable bonds is 3. The van der Waals surface area contributed by atoms with Crippen LogP contribution in [0.4, 0.5) is 10.5 Å². The molecule has 3 aromatic rings. The number of aryl methyl sites for hydroxylation is 1. The van der Waals surface area contributed by atoms with Crippen LogP contribution in [0.5, 0.6) is 0 Å². The molecule has 2 heterocycles. The number of hydrogen-bond acceptors (Lipinski definition) is 3. The van der Waals surface area contributed by atoms with Gasteiger partial charge in [0.1, 0.15) is 0 Å². The summed E-state index contributed by atoms with van der Waals surface area (Å²) in [5.74, 6) is 0. The second-order valence-electron chi connectivity index (χ2n) is 5.24. The zero-order valence-electron chi connectivity index (χ0n) is 12.6. The first kappa shape index (κ1) is 14.8. The molecule has 0 atom stereocenters. The summed E-state index contributed by atoms with van der Waals surface area (Å²) in [5, 5.41) is 6.85. The molecule has 3 N–H and O–H groups in total. The van der Waals surface area contributed by atoms with Gasteiger partial charge < -0.3 is 15.6 Å². The number of urea groups is 1. The summed E-state index contributed by atoms with van der Waals surface area (Å²) in [7, 11) is 0. The number of carbonyl (C=O) groups is 1. The lowest BCUT2D eigenvalue weighted by atomic mass is 10.1. The molecule has 0 aliphatic heterocycles. The zero-order valence-corrected chi connectivity index (χ0v) is 12.6. The van der Waals surface area contributed by atoms with E-state index in [2.05, 4.69) is 20.6 Å². The number of fused-ring (bicyclic) bond motifs is 1. The average molecular weight is 308 g/mol. The number of nitrogens with one attached hydrogen (secondary N) is 3. The third-order valence-electron chi connectivity index (χ3n) is 3.43. The summed E-state index contributed by atoms with van der Waals surface area (Å²) < 4.78 is 0. The summed E-state index contributed by atoms with van der Waals surface area (Å²) >= 11 is 0. The Morgan fingerprint density at radius 2 is 2.09 bits per heavy atom. The van der Waals surface area contributed by atoms with Crippen molar-refractivity contribution in [1.82, 2.24) is 15.3 Å². The van der Waals surface area contributed by atoms with Crippen LogP contribution in [0.1, 0.15) is 11.3 Å². The number of nitrogens with zero attached hydrogens (tertiary/aromatic N) is 1. The molecule has 0 spiro atoms. The molecule has 3 rings (SSSR count). The normalized spacial score (nSPS) is 10.5. The fourth-order valence-corrected chi connectivity index (χ4v) is 2.22. The van der Waals surface area contributed by atoms with E-state index in [-0.39, 0.29) is 11.6 Å². The van der Waals surface area contributed by atoms with Gasteiger partial charge in [0, 0.05) is 23.5 Å². The molecule has 0 bridgehead atoms. The van der Waals surface area contributed by atoms with Crippen molar-refractivity contribution in [2.45, 2.75) is 13.5 Å². The van der Waals surface area contributed by atoms with Gasteiger partial charge in [-0.05, 0) is 48.2 Å². The number of aromatic nitrogens is 2. The van der Waals surface area contributed by atoms with Gasteiger partial charge in [-0.3, -0.25) is 9.78 Å². The van der Waals surface area contributed by atoms with Gasteiger partial charge in [-0.2, -0.15) is 0 Å². The second kappa shape index (κ2) is 6.31. The van der Waals surface area contributed by atoms with Crippen LogP contribution < -0.4 is 16.2 Å². The van der Waals surface area contributed by atoms with Crippen molar-refractivity contribution < 1.29 is 4.79 Å². The van der Waals surface area contributed by atoms with E-state index in [1.807, 2.05) is 19.1 Å². The average Bonchev–Trinajstić information content (AvgIpc) is 2.54. The first-order valence-electron chi connectivity index (χ1n) is 7.20. The zero-order chi connectivity index (χ0) is 16.2. The summed E-state index contributed by atoms with van der Waals surface area (Å²) in [5.41, 5.74) is 2.33. The van der Waals surface area contributed by atoms with Crippen molar-refractivity contribution in [3.05, 3.63) is 70.4 Å². The van der Waals surface area contributed by atoms with Crippen molar-refractivity contribution >= 4 is 22.5 Å². The van der Waals surface area contributed by atoms with Gasteiger partial charge in [0.15, 0.2) is 0 Å². The van der Waals surface area contributed by atoms with E-state index in [0.717, 1.165) is 16.6 Å². The summed E-state index contributed by atoms with van der Waals surface area (Å²) in [6, 6.07) is 10.4. The maximum absolute atomic E-state index is 11.9. The van der Waals surface area contributed by atoms with E-state index in [4.69, 9.17) is 0 Å². The third-order valence-corrected chi connectivity index (χ3v) is 3.43. The molecule has 6 heteroatoms. The largest absolute Gasteiger partial charge is 0.332 e. The van der Waals surface area contributed by atoms with Gasteiger partial charge in [0.05, 0.1) is 12.2 Å². The van der Waals surface area contributed by atoms with Crippen LogP contribution in [-0.4, -0.2) is 16.0 Å². The van der Waals surface area contributed by atoms with Crippen LogP contribution in [-0.2, 0) is 6.54 Å². The molecule has 0 aliphatic rings. The molecule has 0 fully saturated rings. The molecule has 0 saturated carbocycles. The van der Waals surface area contributed by atoms with Crippen LogP contribution in [0.3, 0.4) is 0 Å². The lowest BCUT2D eigenvalue weighted by Gasteiger charge is -2.08. The Hall–Kier alpha value is -3.15. The molecule has 6 nitrogen and oxygen atoms in total. The molecule has 0 unspecified atom stereocenters. The number of carbonyl (C=O) groups excluding carboxylic acids is 1. The Bertz CT molecular complexity index is 900. The molecule has 116 valence electrons. The van der Waals surface area contributed by atoms with E-state index >= 15 is 0 Å². The number of aromatic amines is 1. The Kier molecular flexibility index (Phi) is 4.05. The van der Waals surface area contributed by atoms with Crippen LogP contribution in [0, 0.1) is 6.92 Å². The van der Waals surface area contributed by atoms with Crippen LogP contribution >= 0.6 is 0 Å². The minimum absolute atomic E-state index is 0.149. The highest BCUT2D eigenvalue weighted by Crippen LogP contribution is 2.15. The molecular formula is C17H16N4O2. The quantitative estimate of drug-likeness (QED) is 0.695. The molecule has 0 saturated heterocycles. The fourth-order valence-electron chi connectivity index (χ4n) is 2.22. The number of pyridine rings is 2. The smallest absolute Gasteiger partial charge is 0.319 e. The molecule has 0 radical (unpaired) electrons. The predicted molar refractivity (Wildman–Crippen MR) is 89.4 cm³/mol. The first-order valence-corrected chi connectivity index (χ1v) is 7.20. The highest BCUT2D eigenvalue weighted by atomic mass is 16.2. The predicted octanol–water partition coefficient (Wildman–Crippen LogP) is 2.55. The Morgan fingerprint density at radius 3 is 2.87 bits per heavy atom. The van der Waals surface area contributed by atoms with Crippen molar-refractivity contribution in [2.24, 2.45) is 0 Å². The third kappa shape index (κ3) is 3.55. The molecule has 23 heavy (non-hydrogen) atoms. The van der Waals surface area contributed by atoms with Crippen LogP contribution in [0.25, 0.3) is 10.8 Å². The monoisotopic (exact) mass is 308 g/mol. The van der Waals surface area contributed by atoms with Crippen molar-refractivity contribution in [3.63, 3.8) is 0 Å². The number of hydrogen-bond donors (Lipinski definition) is 3. The van der Waals surface area contributed by atoms with E-state index in [1.165, 1.54) is 0 Å². The topological polar surface area (TPSA) is 86.9 Å². The molecule has 0 aliphatic carbocycles. The first-order chi connectivity index (χ1) is 11.1. The number of amides is 2. The Labute approximate surface area is 132 Å². The maximum atomic E-state index is 11.9. The molecule has 2 amide bonds. The van der Waals surface area contributed by atoms with Gasteiger partial charge in [0.25, 0.3) is 5.56 Å². The molecule has 2 aromatic heterocycles. The lowest BCUT2D eigenvalue weighted by Crippen LogP contribution is -2.28. The summed E-state index contributed by atoms with van der Waals surface area (Å²) in [6.07, 6.45) is 3.34. The lowest BCUT2D eigenvalue weighted by molar-refractivity contribution is 0.251. The van der Waals surface area contributed by atoms with Gasteiger partial charge in [-0.15, -0.1) is 0 Å². The molecule has 1 aromatic carbocycles. The summed E-state index contributed by atoms with van der Waals surface area (Å²) in [4.78, 5) is 30.4. The van der Waals surface area contributed by atoms with Crippen molar-refractivity contribution in [3.8, 4) is 0 Å². The number of benzene rings is 1. The van der Waals surface area contributed by atoms with E-state index in [9.17, 15) is 9.59 Å². The minimum Gasteiger partial charge on any atom is -0.332 e. The van der Waals surface area contributed by atoms with Crippen LogP contribution in [0.15, 0.2) is 53.6 Å². The van der Waals surface area contributed by atoms with E-state index in [0.29, 0.717) is 17.6 Å². The summed E-state index contributed by atoms with van der Waals surface area (Å²) in [6.45, 7) is 2.31. The Balaban J connectivity index is 1.65. The van der Waals surface area contributed by atoms with Crippen LogP contribution in [0.2, 0.25) is 0 Å². The number of H-pyrrole nitrogens is 1. The van der Waals surface area contributed by atoms with Gasteiger partial charge >= 0.3 is 6.03 Å². The van der Waals surface area contributed by atoms with Gasteiger partial charge in [-0.1, -0.05) is 6.07 Å². The standard InChI is InChI=1S/C17H16N4O2/c1-11-2-3-14(19-9-11)10-20-17(23)21-13-4-5-15-12(8-13)6-7-18-16(15)22/h2-9H,10H2,1H3,(H,18,22)(H2,20,21,23). The van der Waals surface area contributed by atoms with Gasteiger partial charge in [0.2, 0.25) is 0 Å².